The lowest BCUT2D eigenvalue weighted by Crippen LogP contribution is -2.37. The average molecular weight is 444 g/mol. The minimum atomic E-state index is -0.362. The molecule has 0 N–H and O–H groups in total. The Morgan fingerprint density at radius 1 is 1.00 bits per heavy atom. The molecule has 0 radical (unpaired) electrons. The third-order valence-corrected chi connectivity index (χ3v) is 5.93. The summed E-state index contributed by atoms with van der Waals surface area (Å²) in [4.78, 5) is 21.5. The highest BCUT2D eigenvalue weighted by molar-refractivity contribution is 7.22. The van der Waals surface area contributed by atoms with Crippen molar-refractivity contribution in [1.29, 1.82) is 0 Å². The predicted molar refractivity (Wildman–Crippen MR) is 125 cm³/mol. The van der Waals surface area contributed by atoms with Crippen molar-refractivity contribution in [1.82, 2.24) is 9.88 Å². The molecule has 0 saturated heterocycles. The summed E-state index contributed by atoms with van der Waals surface area (Å²) in [5.74, 6) is -0.401. The predicted octanol–water partition coefficient (Wildman–Crippen LogP) is 5.15. The van der Waals surface area contributed by atoms with Gasteiger partial charge in [0, 0.05) is 13.1 Å². The molecule has 4 rings (SSSR count). The first-order chi connectivity index (χ1) is 14.0. The number of anilines is 1. The van der Waals surface area contributed by atoms with E-state index >= 15 is 0 Å². The minimum absolute atomic E-state index is 0. The van der Waals surface area contributed by atoms with E-state index in [0.717, 1.165) is 21.0 Å². The highest BCUT2D eigenvalue weighted by Crippen LogP contribution is 2.31. The number of aromatic nitrogens is 1. The highest BCUT2D eigenvalue weighted by atomic mass is 35.5. The van der Waals surface area contributed by atoms with Crippen LogP contribution in [0.2, 0.25) is 0 Å². The average Bonchev–Trinajstić information content (AvgIpc) is 3.13. The van der Waals surface area contributed by atoms with Crippen LogP contribution >= 0.6 is 23.7 Å². The maximum absolute atomic E-state index is 14.1. The molecular formula is C23H23ClFN3OS. The number of likely N-dealkylation sites (N-methyl/N-ethyl adjacent to an activating group) is 1. The summed E-state index contributed by atoms with van der Waals surface area (Å²) in [6.45, 7) is 1.19. The first-order valence-corrected chi connectivity index (χ1v) is 10.3. The van der Waals surface area contributed by atoms with Crippen LogP contribution in [0.3, 0.4) is 0 Å². The monoisotopic (exact) mass is 443 g/mol. The number of para-hydroxylation sites is 1. The summed E-state index contributed by atoms with van der Waals surface area (Å²) in [7, 11) is 3.93. The molecule has 0 saturated carbocycles. The minimum Gasteiger partial charge on any atom is -0.308 e. The van der Waals surface area contributed by atoms with E-state index < -0.39 is 0 Å². The third-order valence-electron chi connectivity index (χ3n) is 4.88. The Bertz CT molecular complexity index is 1170. The van der Waals surface area contributed by atoms with Crippen LogP contribution in [0.25, 0.3) is 21.0 Å². The number of rotatable bonds is 6. The zero-order valence-corrected chi connectivity index (χ0v) is 18.5. The lowest BCUT2D eigenvalue weighted by Gasteiger charge is -2.22. The van der Waals surface area contributed by atoms with Gasteiger partial charge >= 0.3 is 0 Å². The third kappa shape index (κ3) is 4.61. The van der Waals surface area contributed by atoms with Crippen LogP contribution in [0.1, 0.15) is 5.56 Å². The van der Waals surface area contributed by atoms with Crippen LogP contribution in [0.4, 0.5) is 9.52 Å². The van der Waals surface area contributed by atoms with Gasteiger partial charge in [0.2, 0.25) is 5.91 Å². The maximum Gasteiger partial charge on any atom is 0.233 e. The van der Waals surface area contributed by atoms with Crippen molar-refractivity contribution in [2.75, 3.05) is 32.1 Å². The molecule has 0 aliphatic rings. The van der Waals surface area contributed by atoms with Crippen LogP contribution in [0.5, 0.6) is 0 Å². The van der Waals surface area contributed by atoms with Gasteiger partial charge in [0.25, 0.3) is 0 Å². The van der Waals surface area contributed by atoms with Crippen LogP contribution in [-0.2, 0) is 11.2 Å². The summed E-state index contributed by atoms with van der Waals surface area (Å²) in [5.41, 5.74) is 1.30. The van der Waals surface area contributed by atoms with Gasteiger partial charge in [0.1, 0.15) is 11.3 Å². The van der Waals surface area contributed by atoms with Gasteiger partial charge < -0.3 is 4.90 Å². The molecule has 1 amide bonds. The van der Waals surface area contributed by atoms with E-state index in [4.69, 9.17) is 0 Å². The van der Waals surface area contributed by atoms with E-state index in [0.29, 0.717) is 23.7 Å². The summed E-state index contributed by atoms with van der Waals surface area (Å²) in [5, 5.41) is 2.73. The fourth-order valence-corrected chi connectivity index (χ4v) is 4.37. The molecule has 7 heteroatoms. The van der Waals surface area contributed by atoms with Gasteiger partial charge in [-0.05, 0) is 42.6 Å². The molecule has 156 valence electrons. The van der Waals surface area contributed by atoms with E-state index in [1.165, 1.54) is 17.4 Å². The normalized spacial score (nSPS) is 11.1. The zero-order chi connectivity index (χ0) is 20.4. The summed E-state index contributed by atoms with van der Waals surface area (Å²) < 4.78 is 14.9. The Hall–Kier alpha value is -2.54. The molecule has 30 heavy (non-hydrogen) atoms. The van der Waals surface area contributed by atoms with E-state index in [1.807, 2.05) is 67.5 Å². The highest BCUT2D eigenvalue weighted by Gasteiger charge is 2.21. The Morgan fingerprint density at radius 3 is 2.50 bits per heavy atom. The number of hydrogen-bond acceptors (Lipinski definition) is 4. The molecule has 0 aliphatic carbocycles. The molecular weight excluding hydrogens is 421 g/mol. The number of nitrogens with zero attached hydrogens (tertiary/aromatic N) is 3. The van der Waals surface area contributed by atoms with Crippen LogP contribution < -0.4 is 4.90 Å². The molecule has 0 unspecified atom stereocenters. The lowest BCUT2D eigenvalue weighted by atomic mass is 10.0. The first-order valence-electron chi connectivity index (χ1n) is 9.50. The van der Waals surface area contributed by atoms with Crippen molar-refractivity contribution in [3.8, 4) is 0 Å². The maximum atomic E-state index is 14.1. The van der Waals surface area contributed by atoms with Crippen LogP contribution in [0, 0.1) is 5.82 Å². The Labute approximate surface area is 185 Å². The summed E-state index contributed by atoms with van der Waals surface area (Å²) >= 11 is 1.35. The number of hydrogen-bond donors (Lipinski definition) is 0. The van der Waals surface area contributed by atoms with Crippen LogP contribution in [0.15, 0.2) is 60.7 Å². The molecule has 0 atom stereocenters. The van der Waals surface area contributed by atoms with Gasteiger partial charge in [0.05, 0.1) is 11.1 Å². The lowest BCUT2D eigenvalue weighted by molar-refractivity contribution is -0.118. The quantitative estimate of drug-likeness (QED) is 0.413. The second kappa shape index (κ2) is 9.51. The van der Waals surface area contributed by atoms with Gasteiger partial charge in [-0.25, -0.2) is 9.37 Å². The fourth-order valence-electron chi connectivity index (χ4n) is 3.35. The Morgan fingerprint density at radius 2 is 1.73 bits per heavy atom. The van der Waals surface area contributed by atoms with Crippen molar-refractivity contribution < 1.29 is 9.18 Å². The number of fused-ring (bicyclic) bond motifs is 2. The number of benzene rings is 3. The zero-order valence-electron chi connectivity index (χ0n) is 16.8. The molecule has 3 aromatic carbocycles. The second-order valence-electron chi connectivity index (χ2n) is 7.25. The van der Waals surface area contributed by atoms with E-state index in [-0.39, 0.29) is 30.6 Å². The smallest absolute Gasteiger partial charge is 0.233 e. The van der Waals surface area contributed by atoms with Gasteiger partial charge in [-0.15, -0.1) is 12.4 Å². The van der Waals surface area contributed by atoms with E-state index in [2.05, 4.69) is 4.98 Å². The van der Waals surface area contributed by atoms with Crippen LogP contribution in [-0.4, -0.2) is 43.0 Å². The van der Waals surface area contributed by atoms with Gasteiger partial charge in [-0.1, -0.05) is 59.9 Å². The Balaban J connectivity index is 0.00000256. The van der Waals surface area contributed by atoms with Gasteiger partial charge in [-0.2, -0.15) is 0 Å². The van der Waals surface area contributed by atoms with Crippen molar-refractivity contribution >= 4 is 55.8 Å². The SMILES string of the molecule is CN(C)CCN(C(=O)Cc1cccc2ccccc12)c1nc2c(F)cccc2s1.Cl. The molecule has 0 aliphatic heterocycles. The van der Waals surface area contributed by atoms with Crippen molar-refractivity contribution in [2.24, 2.45) is 0 Å². The topological polar surface area (TPSA) is 36.4 Å². The number of thiazole rings is 1. The Kier molecular flexibility index (Phi) is 7.02. The molecule has 4 nitrogen and oxygen atoms in total. The largest absolute Gasteiger partial charge is 0.308 e. The summed E-state index contributed by atoms with van der Waals surface area (Å²) in [6.07, 6.45) is 0.271. The molecule has 1 heterocycles. The first kappa shape index (κ1) is 22.2. The molecule has 4 aromatic rings. The van der Waals surface area contributed by atoms with Gasteiger partial charge in [0.15, 0.2) is 5.13 Å². The molecule has 0 bridgehead atoms. The van der Waals surface area contributed by atoms with Crippen molar-refractivity contribution in [3.05, 3.63) is 72.0 Å². The van der Waals surface area contributed by atoms with E-state index in [9.17, 15) is 9.18 Å². The fraction of sp³-hybridized carbons (Fsp3) is 0.217. The number of carbonyl (C=O) groups is 1. The number of halogens is 2. The van der Waals surface area contributed by atoms with Crippen molar-refractivity contribution in [3.63, 3.8) is 0 Å². The van der Waals surface area contributed by atoms with E-state index in [1.54, 1.807) is 11.0 Å². The number of amides is 1. The standard InChI is InChI=1S/C23H22FN3OS.ClH/c1-26(2)13-14-27(23-25-22-19(24)11-6-12-20(22)29-23)21(28)15-17-9-5-8-16-7-3-4-10-18(16)17;/h3-12H,13-15H2,1-2H3;1H. The summed E-state index contributed by atoms with van der Waals surface area (Å²) in [6, 6.07) is 19.0. The molecule has 1 aromatic heterocycles. The van der Waals surface area contributed by atoms with Gasteiger partial charge in [-0.3, -0.25) is 9.69 Å². The molecule has 0 spiro atoms. The number of carbonyl (C=O) groups excluding carboxylic acids is 1. The van der Waals surface area contributed by atoms with Crippen molar-refractivity contribution in [2.45, 2.75) is 6.42 Å². The molecule has 0 fully saturated rings. The second-order valence-corrected chi connectivity index (χ2v) is 8.26.